The van der Waals surface area contributed by atoms with Crippen LogP contribution in [0.1, 0.15) is 31.2 Å². The van der Waals surface area contributed by atoms with E-state index in [0.717, 1.165) is 25.9 Å². The molecule has 1 aliphatic heterocycles. The average Bonchev–Trinajstić information content (AvgIpc) is 2.47. The highest BCUT2D eigenvalue weighted by atomic mass is 16.5. The summed E-state index contributed by atoms with van der Waals surface area (Å²) in [7, 11) is 0. The van der Waals surface area contributed by atoms with Crippen molar-refractivity contribution < 1.29 is 14.6 Å². The number of hydrogen-bond donors (Lipinski definition) is 2. The van der Waals surface area contributed by atoms with E-state index in [9.17, 15) is 4.79 Å². The number of para-hydroxylation sites is 1. The highest BCUT2D eigenvalue weighted by Crippen LogP contribution is 2.18. The van der Waals surface area contributed by atoms with Gasteiger partial charge in [-0.1, -0.05) is 24.0 Å². The minimum Gasteiger partial charge on any atom is -0.384 e. The van der Waals surface area contributed by atoms with Crippen LogP contribution in [0.15, 0.2) is 24.3 Å². The Morgan fingerprint density at radius 2 is 2.25 bits per heavy atom. The van der Waals surface area contributed by atoms with Gasteiger partial charge in [0.1, 0.15) is 6.61 Å². The first-order valence-corrected chi connectivity index (χ1v) is 6.90. The normalized spacial score (nSPS) is 17.9. The van der Waals surface area contributed by atoms with Crippen molar-refractivity contribution in [1.82, 2.24) is 0 Å². The van der Waals surface area contributed by atoms with Crippen molar-refractivity contribution in [2.24, 2.45) is 0 Å². The Labute approximate surface area is 119 Å². The van der Waals surface area contributed by atoms with Gasteiger partial charge in [-0.2, -0.15) is 0 Å². The van der Waals surface area contributed by atoms with Gasteiger partial charge in [-0.25, -0.2) is 0 Å². The molecule has 0 aromatic heterocycles. The number of rotatable bonds is 3. The first-order chi connectivity index (χ1) is 9.79. The van der Waals surface area contributed by atoms with Crippen molar-refractivity contribution in [3.05, 3.63) is 29.8 Å². The van der Waals surface area contributed by atoms with Gasteiger partial charge in [0.15, 0.2) is 0 Å². The maximum Gasteiger partial charge on any atom is 0.227 e. The Balaban J connectivity index is 1.96. The van der Waals surface area contributed by atoms with Crippen LogP contribution in [-0.2, 0) is 9.53 Å². The molecule has 0 spiro atoms. The average molecular weight is 273 g/mol. The van der Waals surface area contributed by atoms with E-state index in [0.29, 0.717) is 17.7 Å². The third kappa shape index (κ3) is 4.37. The standard InChI is InChI=1S/C16H19NO3/c18-10-5-7-13-6-1-2-9-15(13)17-16(19)12-14-8-3-4-11-20-14/h1-2,6,9,14,18H,3-4,8,10-12H2,(H,17,19). The van der Waals surface area contributed by atoms with E-state index in [1.165, 1.54) is 0 Å². The molecule has 0 saturated carbocycles. The number of amides is 1. The number of benzene rings is 1. The molecule has 1 atom stereocenters. The van der Waals surface area contributed by atoms with Crippen molar-refractivity contribution >= 4 is 11.6 Å². The molecule has 1 aromatic carbocycles. The Bertz CT molecular complexity index is 510. The van der Waals surface area contributed by atoms with E-state index in [1.54, 1.807) is 6.07 Å². The van der Waals surface area contributed by atoms with Crippen LogP contribution < -0.4 is 5.32 Å². The van der Waals surface area contributed by atoms with Crippen LogP contribution in [0.2, 0.25) is 0 Å². The molecule has 1 saturated heterocycles. The van der Waals surface area contributed by atoms with Gasteiger partial charge >= 0.3 is 0 Å². The minimum atomic E-state index is -0.196. The fourth-order valence-electron chi connectivity index (χ4n) is 2.21. The molecule has 2 rings (SSSR count). The van der Waals surface area contributed by atoms with Gasteiger partial charge in [0.05, 0.1) is 18.2 Å². The highest BCUT2D eigenvalue weighted by Gasteiger charge is 2.18. The first kappa shape index (κ1) is 14.6. The summed E-state index contributed by atoms with van der Waals surface area (Å²) in [5.74, 6) is 5.36. The number of ether oxygens (including phenoxy) is 1. The van der Waals surface area contributed by atoms with Crippen molar-refractivity contribution in [3.8, 4) is 11.8 Å². The third-order valence-electron chi connectivity index (χ3n) is 3.19. The van der Waals surface area contributed by atoms with Crippen LogP contribution in [0.25, 0.3) is 0 Å². The molecule has 1 amide bonds. The van der Waals surface area contributed by atoms with Crippen LogP contribution in [0.4, 0.5) is 5.69 Å². The molecule has 0 radical (unpaired) electrons. The summed E-state index contributed by atoms with van der Waals surface area (Å²) < 4.78 is 5.56. The summed E-state index contributed by atoms with van der Waals surface area (Å²) in [5, 5.41) is 11.6. The van der Waals surface area contributed by atoms with Crippen molar-refractivity contribution in [2.75, 3.05) is 18.5 Å². The molecule has 1 fully saturated rings. The van der Waals surface area contributed by atoms with Gasteiger partial charge in [0.2, 0.25) is 5.91 Å². The predicted molar refractivity (Wildman–Crippen MR) is 77.2 cm³/mol. The smallest absolute Gasteiger partial charge is 0.227 e. The van der Waals surface area contributed by atoms with E-state index in [-0.39, 0.29) is 18.6 Å². The Morgan fingerprint density at radius 1 is 1.40 bits per heavy atom. The summed E-state index contributed by atoms with van der Waals surface area (Å²) in [5.41, 5.74) is 1.38. The van der Waals surface area contributed by atoms with Crippen LogP contribution in [0.5, 0.6) is 0 Å². The molecule has 4 heteroatoms. The van der Waals surface area contributed by atoms with Crippen LogP contribution >= 0.6 is 0 Å². The van der Waals surface area contributed by atoms with E-state index in [2.05, 4.69) is 17.2 Å². The number of aliphatic hydroxyl groups is 1. The van der Waals surface area contributed by atoms with E-state index >= 15 is 0 Å². The van der Waals surface area contributed by atoms with Gasteiger partial charge in [-0.15, -0.1) is 0 Å². The first-order valence-electron chi connectivity index (χ1n) is 6.90. The molecule has 1 aromatic rings. The molecular formula is C16H19NO3. The largest absolute Gasteiger partial charge is 0.384 e. The van der Waals surface area contributed by atoms with E-state index < -0.39 is 0 Å². The van der Waals surface area contributed by atoms with Crippen molar-refractivity contribution in [3.63, 3.8) is 0 Å². The third-order valence-corrected chi connectivity index (χ3v) is 3.19. The second kappa shape index (κ2) is 7.68. The number of carbonyl (C=O) groups excluding carboxylic acids is 1. The van der Waals surface area contributed by atoms with Crippen LogP contribution in [0, 0.1) is 11.8 Å². The summed E-state index contributed by atoms with van der Waals surface area (Å²) >= 11 is 0. The topological polar surface area (TPSA) is 58.6 Å². The Kier molecular flexibility index (Phi) is 5.60. The number of carbonyl (C=O) groups is 1. The molecule has 0 bridgehead atoms. The maximum absolute atomic E-state index is 12.0. The number of nitrogens with one attached hydrogen (secondary N) is 1. The summed E-state index contributed by atoms with van der Waals surface area (Å²) in [4.78, 5) is 12.0. The second-order valence-electron chi connectivity index (χ2n) is 4.75. The molecule has 2 N–H and O–H groups in total. The van der Waals surface area contributed by atoms with Crippen LogP contribution in [0.3, 0.4) is 0 Å². The molecule has 1 heterocycles. The van der Waals surface area contributed by atoms with Gasteiger partial charge in [0.25, 0.3) is 0 Å². The van der Waals surface area contributed by atoms with Crippen molar-refractivity contribution in [2.45, 2.75) is 31.8 Å². The lowest BCUT2D eigenvalue weighted by molar-refractivity contribution is -0.119. The van der Waals surface area contributed by atoms with Gasteiger partial charge < -0.3 is 15.2 Å². The summed E-state index contributed by atoms with van der Waals surface area (Å²) in [6, 6.07) is 7.31. The summed E-state index contributed by atoms with van der Waals surface area (Å²) in [6.07, 6.45) is 3.55. The van der Waals surface area contributed by atoms with Gasteiger partial charge in [-0.3, -0.25) is 4.79 Å². The molecule has 1 aliphatic rings. The molecule has 20 heavy (non-hydrogen) atoms. The monoisotopic (exact) mass is 273 g/mol. The number of hydrogen-bond acceptors (Lipinski definition) is 3. The zero-order chi connectivity index (χ0) is 14.2. The number of aliphatic hydroxyl groups excluding tert-OH is 1. The quantitative estimate of drug-likeness (QED) is 0.827. The maximum atomic E-state index is 12.0. The zero-order valence-corrected chi connectivity index (χ0v) is 11.4. The lowest BCUT2D eigenvalue weighted by Gasteiger charge is -2.22. The fraction of sp³-hybridized carbons (Fsp3) is 0.438. The molecule has 106 valence electrons. The fourth-order valence-corrected chi connectivity index (χ4v) is 2.21. The van der Waals surface area contributed by atoms with Crippen molar-refractivity contribution in [1.29, 1.82) is 0 Å². The van der Waals surface area contributed by atoms with Crippen LogP contribution in [-0.4, -0.2) is 30.3 Å². The minimum absolute atomic E-state index is 0.0273. The second-order valence-corrected chi connectivity index (χ2v) is 4.75. The van der Waals surface area contributed by atoms with E-state index in [1.807, 2.05) is 18.2 Å². The Morgan fingerprint density at radius 3 is 3.00 bits per heavy atom. The lowest BCUT2D eigenvalue weighted by atomic mass is 10.1. The summed E-state index contributed by atoms with van der Waals surface area (Å²) in [6.45, 7) is 0.550. The number of anilines is 1. The van der Waals surface area contributed by atoms with E-state index in [4.69, 9.17) is 9.84 Å². The predicted octanol–water partition coefficient (Wildman–Crippen LogP) is 1.93. The zero-order valence-electron chi connectivity index (χ0n) is 11.4. The molecule has 1 unspecified atom stereocenters. The van der Waals surface area contributed by atoms with Gasteiger partial charge in [-0.05, 0) is 31.4 Å². The highest BCUT2D eigenvalue weighted by molar-refractivity contribution is 5.92. The molecule has 0 aliphatic carbocycles. The molecular weight excluding hydrogens is 254 g/mol. The lowest BCUT2D eigenvalue weighted by Crippen LogP contribution is -2.25. The Hall–Kier alpha value is -1.83. The molecule has 4 nitrogen and oxygen atoms in total. The SMILES string of the molecule is O=C(CC1CCCCO1)Nc1ccccc1C#CCO. The van der Waals surface area contributed by atoms with Gasteiger partial charge in [0, 0.05) is 12.2 Å².